The maximum absolute atomic E-state index is 9.42. The zero-order chi connectivity index (χ0) is 9.90. The van der Waals surface area contributed by atoms with E-state index in [2.05, 4.69) is 0 Å². The molecule has 70 valence electrons. The van der Waals surface area contributed by atoms with Crippen LogP contribution in [0.25, 0.3) is 6.08 Å². The molecule has 0 fully saturated rings. The van der Waals surface area contributed by atoms with Gasteiger partial charge in [-0.3, -0.25) is 0 Å². The first-order valence-electron chi connectivity index (χ1n) is 4.24. The molecular weight excluding hydrogens is 162 g/mol. The van der Waals surface area contributed by atoms with Gasteiger partial charge in [0.15, 0.2) is 0 Å². The van der Waals surface area contributed by atoms with Gasteiger partial charge in [-0.1, -0.05) is 24.3 Å². The van der Waals surface area contributed by atoms with Crippen LogP contribution in [0.3, 0.4) is 0 Å². The van der Waals surface area contributed by atoms with E-state index in [1.165, 1.54) is 0 Å². The number of anilines is 1. The lowest BCUT2D eigenvalue weighted by Crippen LogP contribution is -2.13. The normalized spacial score (nSPS) is 12.2. The molecule has 2 nitrogen and oxygen atoms in total. The number of aliphatic hydroxyl groups is 1. The summed E-state index contributed by atoms with van der Waals surface area (Å²) in [5.41, 5.74) is 6.56. The number of benzene rings is 1. The Balaban J connectivity index is 2.75. The highest BCUT2D eigenvalue weighted by Gasteiger charge is 2.05. The fraction of sp³-hybridized carbons (Fsp3) is 0.273. The van der Waals surface area contributed by atoms with Crippen LogP contribution < -0.4 is 5.73 Å². The maximum atomic E-state index is 9.42. The van der Waals surface area contributed by atoms with Gasteiger partial charge in [-0.15, -0.1) is 0 Å². The predicted octanol–water partition coefficient (Wildman–Crippen LogP) is 2.05. The molecule has 1 aromatic carbocycles. The fourth-order valence-corrected chi connectivity index (χ4v) is 0.907. The second-order valence-corrected chi connectivity index (χ2v) is 3.65. The highest BCUT2D eigenvalue weighted by Crippen LogP contribution is 2.10. The number of nitrogen functional groups attached to an aromatic ring is 1. The van der Waals surface area contributed by atoms with Crippen molar-refractivity contribution in [1.82, 2.24) is 0 Å². The largest absolute Gasteiger partial charge is 0.399 e. The summed E-state index contributed by atoms with van der Waals surface area (Å²) in [6, 6.07) is 7.50. The molecule has 0 aliphatic heterocycles. The standard InChI is InChI=1S/C11H15NO/c1-11(2,13)8-7-9-3-5-10(12)6-4-9/h3-8,13H,12H2,1-2H3/b8-7+. The topological polar surface area (TPSA) is 46.2 Å². The molecule has 0 atom stereocenters. The van der Waals surface area contributed by atoms with E-state index in [9.17, 15) is 5.11 Å². The first-order chi connectivity index (χ1) is 5.97. The van der Waals surface area contributed by atoms with Crippen molar-refractivity contribution in [1.29, 1.82) is 0 Å². The van der Waals surface area contributed by atoms with Gasteiger partial charge in [0, 0.05) is 5.69 Å². The van der Waals surface area contributed by atoms with Crippen LogP contribution in [0.2, 0.25) is 0 Å². The summed E-state index contributed by atoms with van der Waals surface area (Å²) in [4.78, 5) is 0. The van der Waals surface area contributed by atoms with Crippen LogP contribution in [0, 0.1) is 0 Å². The molecule has 0 aliphatic rings. The van der Waals surface area contributed by atoms with E-state index < -0.39 is 5.60 Å². The lowest BCUT2D eigenvalue weighted by Gasteiger charge is -2.09. The number of rotatable bonds is 2. The van der Waals surface area contributed by atoms with Gasteiger partial charge in [-0.05, 0) is 31.5 Å². The van der Waals surface area contributed by atoms with Crippen molar-refractivity contribution in [3.63, 3.8) is 0 Å². The fourth-order valence-electron chi connectivity index (χ4n) is 0.907. The molecule has 3 N–H and O–H groups in total. The molecule has 2 heteroatoms. The third-order valence-corrected chi connectivity index (χ3v) is 1.62. The molecule has 0 spiro atoms. The van der Waals surface area contributed by atoms with Crippen LogP contribution in [0.4, 0.5) is 5.69 Å². The second kappa shape index (κ2) is 3.62. The van der Waals surface area contributed by atoms with Gasteiger partial charge >= 0.3 is 0 Å². The monoisotopic (exact) mass is 177 g/mol. The summed E-state index contributed by atoms with van der Waals surface area (Å²) in [7, 11) is 0. The number of hydrogen-bond donors (Lipinski definition) is 2. The quantitative estimate of drug-likeness (QED) is 0.679. The lowest BCUT2D eigenvalue weighted by molar-refractivity contribution is 0.134. The molecule has 0 saturated heterocycles. The Hall–Kier alpha value is -1.28. The van der Waals surface area contributed by atoms with E-state index in [0.29, 0.717) is 0 Å². The van der Waals surface area contributed by atoms with Gasteiger partial charge < -0.3 is 10.8 Å². The lowest BCUT2D eigenvalue weighted by atomic mass is 10.1. The van der Waals surface area contributed by atoms with Crippen molar-refractivity contribution in [2.24, 2.45) is 0 Å². The van der Waals surface area contributed by atoms with E-state index in [1.54, 1.807) is 19.9 Å². The molecule has 13 heavy (non-hydrogen) atoms. The van der Waals surface area contributed by atoms with Crippen molar-refractivity contribution < 1.29 is 5.11 Å². The van der Waals surface area contributed by atoms with E-state index in [4.69, 9.17) is 5.73 Å². The summed E-state index contributed by atoms with van der Waals surface area (Å²) in [6.07, 6.45) is 3.62. The maximum Gasteiger partial charge on any atom is 0.0774 e. The summed E-state index contributed by atoms with van der Waals surface area (Å²) in [6.45, 7) is 3.47. The number of hydrogen-bond acceptors (Lipinski definition) is 2. The smallest absolute Gasteiger partial charge is 0.0774 e. The Morgan fingerprint density at radius 2 is 1.77 bits per heavy atom. The van der Waals surface area contributed by atoms with Crippen molar-refractivity contribution in [2.75, 3.05) is 5.73 Å². The summed E-state index contributed by atoms with van der Waals surface area (Å²) in [5, 5.41) is 9.42. The molecule has 0 heterocycles. The average Bonchev–Trinajstić information content (AvgIpc) is 2.02. The zero-order valence-electron chi connectivity index (χ0n) is 7.99. The Morgan fingerprint density at radius 1 is 1.23 bits per heavy atom. The van der Waals surface area contributed by atoms with Crippen LogP contribution in [0.15, 0.2) is 30.3 Å². The van der Waals surface area contributed by atoms with Crippen molar-refractivity contribution in [3.05, 3.63) is 35.9 Å². The van der Waals surface area contributed by atoms with E-state index in [1.807, 2.05) is 30.3 Å². The Bertz CT molecular complexity index is 293. The minimum absolute atomic E-state index is 0.750. The van der Waals surface area contributed by atoms with Gasteiger partial charge in [0.1, 0.15) is 0 Å². The molecule has 1 rings (SSSR count). The van der Waals surface area contributed by atoms with Gasteiger partial charge in [0.2, 0.25) is 0 Å². The molecule has 0 unspecified atom stereocenters. The third kappa shape index (κ3) is 3.76. The SMILES string of the molecule is CC(C)(O)/C=C/c1ccc(N)cc1. The molecule has 0 saturated carbocycles. The van der Waals surface area contributed by atoms with Crippen LogP contribution >= 0.6 is 0 Å². The van der Waals surface area contributed by atoms with E-state index in [0.717, 1.165) is 11.3 Å². The van der Waals surface area contributed by atoms with E-state index in [-0.39, 0.29) is 0 Å². The predicted molar refractivity (Wildman–Crippen MR) is 56.2 cm³/mol. The Kier molecular flexibility index (Phi) is 2.73. The van der Waals surface area contributed by atoms with Crippen LogP contribution in [-0.4, -0.2) is 10.7 Å². The Labute approximate surface area is 78.7 Å². The second-order valence-electron chi connectivity index (χ2n) is 3.65. The highest BCUT2D eigenvalue weighted by atomic mass is 16.3. The zero-order valence-corrected chi connectivity index (χ0v) is 7.99. The molecule has 0 bridgehead atoms. The van der Waals surface area contributed by atoms with Gasteiger partial charge in [-0.2, -0.15) is 0 Å². The van der Waals surface area contributed by atoms with Crippen LogP contribution in [-0.2, 0) is 0 Å². The van der Waals surface area contributed by atoms with Crippen molar-refractivity contribution >= 4 is 11.8 Å². The number of nitrogens with two attached hydrogens (primary N) is 1. The van der Waals surface area contributed by atoms with Gasteiger partial charge in [0.25, 0.3) is 0 Å². The Morgan fingerprint density at radius 3 is 2.23 bits per heavy atom. The van der Waals surface area contributed by atoms with Gasteiger partial charge in [0.05, 0.1) is 5.60 Å². The van der Waals surface area contributed by atoms with Gasteiger partial charge in [-0.25, -0.2) is 0 Å². The van der Waals surface area contributed by atoms with Crippen LogP contribution in [0.5, 0.6) is 0 Å². The molecule has 0 aromatic heterocycles. The molecule has 0 radical (unpaired) electrons. The summed E-state index contributed by atoms with van der Waals surface area (Å²) in [5.74, 6) is 0. The summed E-state index contributed by atoms with van der Waals surface area (Å²) >= 11 is 0. The third-order valence-electron chi connectivity index (χ3n) is 1.62. The van der Waals surface area contributed by atoms with Crippen molar-refractivity contribution in [2.45, 2.75) is 19.4 Å². The first kappa shape index (κ1) is 9.81. The minimum atomic E-state index is -0.763. The average molecular weight is 177 g/mol. The minimum Gasteiger partial charge on any atom is -0.399 e. The first-order valence-corrected chi connectivity index (χ1v) is 4.24. The van der Waals surface area contributed by atoms with E-state index >= 15 is 0 Å². The summed E-state index contributed by atoms with van der Waals surface area (Å²) < 4.78 is 0. The highest BCUT2D eigenvalue weighted by molar-refractivity contribution is 5.54. The van der Waals surface area contributed by atoms with Crippen molar-refractivity contribution in [3.8, 4) is 0 Å². The molecule has 0 aliphatic carbocycles. The van der Waals surface area contributed by atoms with Crippen LogP contribution in [0.1, 0.15) is 19.4 Å². The molecular formula is C11H15NO. The molecule has 1 aromatic rings. The molecule has 0 amide bonds.